The molecule has 0 bridgehead atoms. The summed E-state index contributed by atoms with van der Waals surface area (Å²) in [4.78, 5) is 21.4. The van der Waals surface area contributed by atoms with Gasteiger partial charge in [0.25, 0.3) is 0 Å². The van der Waals surface area contributed by atoms with Crippen molar-refractivity contribution in [2.75, 3.05) is 0 Å². The van der Waals surface area contributed by atoms with E-state index in [1.165, 1.54) is 19.1 Å². The molecule has 2 aromatic rings. The van der Waals surface area contributed by atoms with Crippen molar-refractivity contribution in [2.24, 2.45) is 0 Å². The maximum absolute atomic E-state index is 10.8. The molecule has 0 saturated carbocycles. The van der Waals surface area contributed by atoms with Gasteiger partial charge in [-0.15, -0.1) is 0 Å². The number of carbonyl (C=O) groups excluding carboxylic acids is 2. The predicted molar refractivity (Wildman–Crippen MR) is 67.5 cm³/mol. The Morgan fingerprint density at radius 3 is 1.79 bits per heavy atom. The average molecular weight is 255 g/mol. The molecular formula is C15H11O4-. The summed E-state index contributed by atoms with van der Waals surface area (Å²) >= 11 is 0. The van der Waals surface area contributed by atoms with Crippen molar-refractivity contribution in [3.63, 3.8) is 0 Å². The summed E-state index contributed by atoms with van der Waals surface area (Å²) in [5, 5.41) is 10.6. The number of rotatable bonds is 3. The second-order valence-electron chi connectivity index (χ2n) is 3.98. The third-order valence-electron chi connectivity index (χ3n) is 2.57. The van der Waals surface area contributed by atoms with E-state index in [1.54, 1.807) is 36.4 Å². The average Bonchev–Trinajstić information content (AvgIpc) is 2.39. The van der Waals surface area contributed by atoms with Crippen LogP contribution in [0, 0.1) is 0 Å². The van der Waals surface area contributed by atoms with E-state index < -0.39 is 5.97 Å². The Hall–Kier alpha value is -2.62. The Kier molecular flexibility index (Phi) is 3.61. The zero-order chi connectivity index (χ0) is 13.8. The first-order valence-electron chi connectivity index (χ1n) is 5.66. The normalized spacial score (nSPS) is 9.95. The van der Waals surface area contributed by atoms with Crippen LogP contribution in [0.4, 0.5) is 0 Å². The minimum absolute atomic E-state index is 0.139. The summed E-state index contributed by atoms with van der Waals surface area (Å²) in [6.07, 6.45) is 0. The summed E-state index contributed by atoms with van der Waals surface area (Å²) in [6.45, 7) is 1.34. The molecule has 96 valence electrons. The molecule has 0 aliphatic rings. The zero-order valence-electron chi connectivity index (χ0n) is 10.3. The molecule has 0 aliphatic carbocycles. The minimum Gasteiger partial charge on any atom is -0.545 e. The monoisotopic (exact) mass is 255 g/mol. The largest absolute Gasteiger partial charge is 0.545 e. The van der Waals surface area contributed by atoms with Crippen molar-refractivity contribution in [3.05, 3.63) is 54.1 Å². The smallest absolute Gasteiger partial charge is 0.308 e. The van der Waals surface area contributed by atoms with Gasteiger partial charge in [0.15, 0.2) is 0 Å². The van der Waals surface area contributed by atoms with E-state index in [0.717, 1.165) is 11.1 Å². The molecule has 4 nitrogen and oxygen atoms in total. The number of carbonyl (C=O) groups is 2. The Morgan fingerprint density at radius 1 is 0.895 bits per heavy atom. The van der Waals surface area contributed by atoms with E-state index >= 15 is 0 Å². The van der Waals surface area contributed by atoms with Gasteiger partial charge in [0.2, 0.25) is 0 Å². The van der Waals surface area contributed by atoms with Crippen LogP contribution in [-0.4, -0.2) is 11.9 Å². The van der Waals surface area contributed by atoms with E-state index in [4.69, 9.17) is 4.74 Å². The fourth-order valence-corrected chi connectivity index (χ4v) is 1.68. The SMILES string of the molecule is CC(=O)Oc1ccc(-c2ccc(C(=O)[O-])cc2)cc1. The lowest BCUT2D eigenvalue weighted by Gasteiger charge is -2.06. The molecule has 19 heavy (non-hydrogen) atoms. The topological polar surface area (TPSA) is 66.4 Å². The molecule has 0 fully saturated rings. The second kappa shape index (κ2) is 5.35. The summed E-state index contributed by atoms with van der Waals surface area (Å²) in [6, 6.07) is 13.3. The minimum atomic E-state index is -1.20. The fourth-order valence-electron chi connectivity index (χ4n) is 1.68. The van der Waals surface area contributed by atoms with Crippen LogP contribution in [0.1, 0.15) is 17.3 Å². The number of benzene rings is 2. The Bertz CT molecular complexity index is 597. The summed E-state index contributed by atoms with van der Waals surface area (Å²) < 4.78 is 4.93. The number of carboxylic acid groups (broad SMARTS) is 1. The number of aromatic carboxylic acids is 1. The van der Waals surface area contributed by atoms with Crippen molar-refractivity contribution in [3.8, 4) is 16.9 Å². The van der Waals surface area contributed by atoms with Crippen LogP contribution < -0.4 is 9.84 Å². The summed E-state index contributed by atoms with van der Waals surface area (Å²) in [7, 11) is 0. The zero-order valence-corrected chi connectivity index (χ0v) is 10.3. The molecule has 0 amide bonds. The maximum Gasteiger partial charge on any atom is 0.308 e. The highest BCUT2D eigenvalue weighted by atomic mass is 16.5. The van der Waals surface area contributed by atoms with Crippen LogP contribution in [0.5, 0.6) is 5.75 Å². The number of hydrogen-bond acceptors (Lipinski definition) is 4. The van der Waals surface area contributed by atoms with Gasteiger partial charge in [-0.3, -0.25) is 4.79 Å². The van der Waals surface area contributed by atoms with Gasteiger partial charge in [-0.2, -0.15) is 0 Å². The van der Waals surface area contributed by atoms with E-state index in [0.29, 0.717) is 5.75 Å². The molecule has 0 unspecified atom stereocenters. The number of ether oxygens (including phenoxy) is 1. The number of hydrogen-bond donors (Lipinski definition) is 0. The fraction of sp³-hybridized carbons (Fsp3) is 0.0667. The molecule has 2 rings (SSSR count). The third-order valence-corrected chi connectivity index (χ3v) is 2.57. The summed E-state index contributed by atoms with van der Waals surface area (Å²) in [5.41, 5.74) is 1.92. The predicted octanol–water partition coefficient (Wildman–Crippen LogP) is 1.64. The maximum atomic E-state index is 10.8. The molecule has 0 saturated heterocycles. The molecule has 0 radical (unpaired) electrons. The van der Waals surface area contributed by atoms with Crippen LogP contribution in [0.25, 0.3) is 11.1 Å². The number of carboxylic acids is 1. The van der Waals surface area contributed by atoms with Gasteiger partial charge in [-0.05, 0) is 28.8 Å². The molecule has 0 heterocycles. The van der Waals surface area contributed by atoms with Gasteiger partial charge in [-0.1, -0.05) is 36.4 Å². The van der Waals surface area contributed by atoms with Gasteiger partial charge in [-0.25, -0.2) is 0 Å². The standard InChI is InChI=1S/C15H12O4/c1-10(16)19-14-8-6-12(7-9-14)11-2-4-13(5-3-11)15(17)18/h2-9H,1H3,(H,17,18)/p-1. The highest BCUT2D eigenvalue weighted by molar-refractivity contribution is 5.86. The lowest BCUT2D eigenvalue weighted by atomic mass is 10.0. The van der Waals surface area contributed by atoms with E-state index in [1.807, 2.05) is 0 Å². The van der Waals surface area contributed by atoms with Gasteiger partial charge >= 0.3 is 5.97 Å². The van der Waals surface area contributed by atoms with Crippen molar-refractivity contribution < 1.29 is 19.4 Å². The first kappa shape index (κ1) is 12.8. The van der Waals surface area contributed by atoms with Gasteiger partial charge in [0, 0.05) is 6.92 Å². The van der Waals surface area contributed by atoms with Gasteiger partial charge < -0.3 is 14.6 Å². The first-order chi connectivity index (χ1) is 9.06. The third kappa shape index (κ3) is 3.19. The lowest BCUT2D eigenvalue weighted by Crippen LogP contribution is -2.21. The van der Waals surface area contributed by atoms with Crippen LogP contribution in [0.2, 0.25) is 0 Å². The van der Waals surface area contributed by atoms with Gasteiger partial charge in [0.1, 0.15) is 5.75 Å². The highest BCUT2D eigenvalue weighted by Gasteiger charge is 2.01. The van der Waals surface area contributed by atoms with E-state index in [9.17, 15) is 14.7 Å². The van der Waals surface area contributed by atoms with E-state index in [2.05, 4.69) is 0 Å². The van der Waals surface area contributed by atoms with Crippen molar-refractivity contribution in [1.29, 1.82) is 0 Å². The Morgan fingerprint density at radius 2 is 1.37 bits per heavy atom. The summed E-state index contributed by atoms with van der Waals surface area (Å²) in [5.74, 6) is -1.09. The Balaban J connectivity index is 2.22. The Labute approximate surface area is 110 Å². The van der Waals surface area contributed by atoms with Gasteiger partial charge in [0.05, 0.1) is 5.97 Å². The molecule has 0 N–H and O–H groups in total. The van der Waals surface area contributed by atoms with Crippen molar-refractivity contribution in [2.45, 2.75) is 6.92 Å². The van der Waals surface area contributed by atoms with Crippen LogP contribution in [0.15, 0.2) is 48.5 Å². The van der Waals surface area contributed by atoms with Crippen molar-refractivity contribution in [1.82, 2.24) is 0 Å². The quantitative estimate of drug-likeness (QED) is 0.617. The van der Waals surface area contributed by atoms with E-state index in [-0.39, 0.29) is 11.5 Å². The second-order valence-corrected chi connectivity index (χ2v) is 3.98. The molecule has 0 spiro atoms. The molecular weight excluding hydrogens is 244 g/mol. The first-order valence-corrected chi connectivity index (χ1v) is 5.66. The highest BCUT2D eigenvalue weighted by Crippen LogP contribution is 2.22. The molecule has 0 aromatic heterocycles. The lowest BCUT2D eigenvalue weighted by molar-refractivity contribution is -0.255. The molecule has 2 aromatic carbocycles. The van der Waals surface area contributed by atoms with Crippen LogP contribution in [-0.2, 0) is 4.79 Å². The van der Waals surface area contributed by atoms with Crippen LogP contribution in [0.3, 0.4) is 0 Å². The molecule has 0 atom stereocenters. The number of esters is 1. The van der Waals surface area contributed by atoms with Crippen LogP contribution >= 0.6 is 0 Å². The molecule has 4 heteroatoms. The molecule has 0 aliphatic heterocycles. The van der Waals surface area contributed by atoms with Crippen molar-refractivity contribution >= 4 is 11.9 Å².